The van der Waals surface area contributed by atoms with Crippen LogP contribution in [0.25, 0.3) is 0 Å². The van der Waals surface area contributed by atoms with Crippen molar-refractivity contribution < 1.29 is 0 Å². The van der Waals surface area contributed by atoms with Crippen LogP contribution in [0.1, 0.15) is 11.4 Å². The van der Waals surface area contributed by atoms with Crippen molar-refractivity contribution in [3.05, 3.63) is 40.1 Å². The zero-order valence-electron chi connectivity index (χ0n) is 10.1. The van der Waals surface area contributed by atoms with Gasteiger partial charge in [0.2, 0.25) is 0 Å². The van der Waals surface area contributed by atoms with Gasteiger partial charge >= 0.3 is 0 Å². The molecule has 2 heterocycles. The van der Waals surface area contributed by atoms with Crippen molar-refractivity contribution >= 4 is 5.69 Å². The third-order valence-electron chi connectivity index (χ3n) is 2.57. The Labute approximate surface area is 98.9 Å². The predicted molar refractivity (Wildman–Crippen MR) is 65.1 cm³/mol. The zero-order chi connectivity index (χ0) is 12.4. The maximum absolute atomic E-state index is 11.8. The Kier molecular flexibility index (Phi) is 2.95. The summed E-state index contributed by atoms with van der Waals surface area (Å²) in [5.74, 6) is 0. The minimum Gasteiger partial charge on any atom is -0.387 e. The van der Waals surface area contributed by atoms with E-state index in [1.807, 2.05) is 20.0 Å². The van der Waals surface area contributed by atoms with Crippen molar-refractivity contribution in [3.8, 4) is 0 Å². The van der Waals surface area contributed by atoms with Crippen LogP contribution in [0, 0.1) is 6.92 Å². The van der Waals surface area contributed by atoms with Gasteiger partial charge in [0, 0.05) is 20.2 Å². The van der Waals surface area contributed by atoms with Gasteiger partial charge in [-0.25, -0.2) is 4.68 Å². The second kappa shape index (κ2) is 4.40. The second-order valence-electron chi connectivity index (χ2n) is 3.89. The number of hydrogen-bond acceptors (Lipinski definition) is 4. The second-order valence-corrected chi connectivity index (χ2v) is 3.89. The SMILES string of the molecule is CNc1cnn(Cc2cc(C)nn2C)c(=O)c1. The van der Waals surface area contributed by atoms with Crippen LogP contribution in [-0.2, 0) is 13.6 Å². The van der Waals surface area contributed by atoms with Crippen LogP contribution in [0.2, 0.25) is 0 Å². The Balaban J connectivity index is 2.30. The van der Waals surface area contributed by atoms with Crippen LogP contribution in [0.3, 0.4) is 0 Å². The lowest BCUT2D eigenvalue weighted by Crippen LogP contribution is -2.23. The standard InChI is InChI=1S/C11H15N5O/c1-8-4-10(15(3)14-8)7-16-11(17)5-9(12-2)6-13-16/h4-6,12H,7H2,1-3H3. The Morgan fingerprint density at radius 2 is 2.18 bits per heavy atom. The molecule has 6 heteroatoms. The lowest BCUT2D eigenvalue weighted by atomic mass is 10.3. The van der Waals surface area contributed by atoms with Gasteiger partial charge in [-0.2, -0.15) is 10.2 Å². The number of nitrogens with zero attached hydrogens (tertiary/aromatic N) is 4. The average molecular weight is 233 g/mol. The van der Waals surface area contributed by atoms with Gasteiger partial charge in [0.05, 0.1) is 29.8 Å². The molecule has 0 bridgehead atoms. The van der Waals surface area contributed by atoms with Crippen LogP contribution < -0.4 is 10.9 Å². The number of aromatic nitrogens is 4. The van der Waals surface area contributed by atoms with Crippen LogP contribution >= 0.6 is 0 Å². The summed E-state index contributed by atoms with van der Waals surface area (Å²) in [6.07, 6.45) is 1.63. The molecule has 1 N–H and O–H groups in total. The molecule has 2 rings (SSSR count). The average Bonchev–Trinajstić information content (AvgIpc) is 2.60. The van der Waals surface area contributed by atoms with Gasteiger partial charge in [-0.3, -0.25) is 9.48 Å². The molecule has 0 radical (unpaired) electrons. The third-order valence-corrected chi connectivity index (χ3v) is 2.57. The van der Waals surface area contributed by atoms with E-state index in [1.54, 1.807) is 17.9 Å². The van der Waals surface area contributed by atoms with Gasteiger partial charge in [-0.1, -0.05) is 0 Å². The minimum atomic E-state index is -0.129. The van der Waals surface area contributed by atoms with E-state index < -0.39 is 0 Å². The molecular formula is C11H15N5O. The highest BCUT2D eigenvalue weighted by Crippen LogP contribution is 2.03. The van der Waals surface area contributed by atoms with Gasteiger partial charge in [0.15, 0.2) is 0 Å². The van der Waals surface area contributed by atoms with Crippen molar-refractivity contribution in [3.63, 3.8) is 0 Å². The van der Waals surface area contributed by atoms with E-state index in [2.05, 4.69) is 15.5 Å². The Morgan fingerprint density at radius 3 is 2.71 bits per heavy atom. The monoisotopic (exact) mass is 233 g/mol. The summed E-state index contributed by atoms with van der Waals surface area (Å²) >= 11 is 0. The third kappa shape index (κ3) is 2.35. The van der Waals surface area contributed by atoms with Gasteiger partial charge < -0.3 is 5.32 Å². The van der Waals surface area contributed by atoms with Gasteiger partial charge in [0.25, 0.3) is 5.56 Å². The van der Waals surface area contributed by atoms with Gasteiger partial charge in [0.1, 0.15) is 0 Å². The fraction of sp³-hybridized carbons (Fsp3) is 0.364. The highest BCUT2D eigenvalue weighted by Gasteiger charge is 2.05. The van der Waals surface area contributed by atoms with Crippen LogP contribution in [0.15, 0.2) is 23.1 Å². The Bertz CT molecular complexity index is 584. The molecule has 90 valence electrons. The highest BCUT2D eigenvalue weighted by atomic mass is 16.1. The first-order valence-corrected chi connectivity index (χ1v) is 5.34. The molecule has 0 amide bonds. The summed E-state index contributed by atoms with van der Waals surface area (Å²) < 4.78 is 3.17. The minimum absolute atomic E-state index is 0.129. The molecule has 17 heavy (non-hydrogen) atoms. The molecule has 0 spiro atoms. The van der Waals surface area contributed by atoms with E-state index in [0.717, 1.165) is 11.4 Å². The van der Waals surface area contributed by atoms with E-state index >= 15 is 0 Å². The van der Waals surface area contributed by atoms with E-state index in [1.165, 1.54) is 10.7 Å². The summed E-state index contributed by atoms with van der Waals surface area (Å²) in [5.41, 5.74) is 2.47. The molecule has 0 saturated heterocycles. The lowest BCUT2D eigenvalue weighted by molar-refractivity contribution is 0.591. The smallest absolute Gasteiger partial charge is 0.269 e. The topological polar surface area (TPSA) is 64.7 Å². The number of nitrogens with one attached hydrogen (secondary N) is 1. The van der Waals surface area contributed by atoms with Crippen LogP contribution in [0.4, 0.5) is 5.69 Å². The molecule has 0 unspecified atom stereocenters. The van der Waals surface area contributed by atoms with Gasteiger partial charge in [-0.15, -0.1) is 0 Å². The van der Waals surface area contributed by atoms with Crippen molar-refractivity contribution in [2.75, 3.05) is 12.4 Å². The molecule has 0 aliphatic carbocycles. The first kappa shape index (κ1) is 11.4. The van der Waals surface area contributed by atoms with Crippen molar-refractivity contribution in [2.45, 2.75) is 13.5 Å². The first-order chi connectivity index (χ1) is 8.10. The summed E-state index contributed by atoms with van der Waals surface area (Å²) in [5, 5.41) is 11.2. The molecule has 0 aliphatic rings. The number of anilines is 1. The van der Waals surface area contributed by atoms with Crippen molar-refractivity contribution in [2.24, 2.45) is 7.05 Å². The van der Waals surface area contributed by atoms with E-state index in [9.17, 15) is 4.79 Å². The fourth-order valence-corrected chi connectivity index (χ4v) is 1.65. The molecule has 0 atom stereocenters. The normalized spacial score (nSPS) is 10.5. The Hall–Kier alpha value is -2.11. The van der Waals surface area contributed by atoms with Gasteiger partial charge in [-0.05, 0) is 13.0 Å². The molecule has 6 nitrogen and oxygen atoms in total. The lowest BCUT2D eigenvalue weighted by Gasteiger charge is -2.05. The van der Waals surface area contributed by atoms with E-state index in [4.69, 9.17) is 0 Å². The molecule has 2 aromatic heterocycles. The predicted octanol–water partition coefficient (Wildman–Crippen LogP) is 0.375. The molecule has 0 aliphatic heterocycles. The van der Waals surface area contributed by atoms with Crippen molar-refractivity contribution in [1.29, 1.82) is 0 Å². The number of rotatable bonds is 3. The molecule has 2 aromatic rings. The largest absolute Gasteiger partial charge is 0.387 e. The summed E-state index contributed by atoms with van der Waals surface area (Å²) in [6, 6.07) is 3.47. The van der Waals surface area contributed by atoms with Crippen LogP contribution in [-0.4, -0.2) is 26.6 Å². The maximum atomic E-state index is 11.8. The van der Waals surface area contributed by atoms with Crippen LogP contribution in [0.5, 0.6) is 0 Å². The van der Waals surface area contributed by atoms with E-state index in [0.29, 0.717) is 12.2 Å². The Morgan fingerprint density at radius 1 is 1.41 bits per heavy atom. The quantitative estimate of drug-likeness (QED) is 0.832. The first-order valence-electron chi connectivity index (χ1n) is 5.34. The van der Waals surface area contributed by atoms with Crippen molar-refractivity contribution in [1.82, 2.24) is 19.6 Å². The fourth-order valence-electron chi connectivity index (χ4n) is 1.65. The maximum Gasteiger partial charge on any atom is 0.269 e. The molecule has 0 saturated carbocycles. The zero-order valence-corrected chi connectivity index (χ0v) is 10.1. The van der Waals surface area contributed by atoms with E-state index in [-0.39, 0.29) is 5.56 Å². The molecular weight excluding hydrogens is 218 g/mol. The highest BCUT2D eigenvalue weighted by molar-refractivity contribution is 5.37. The number of hydrogen-bond donors (Lipinski definition) is 1. The summed E-state index contributed by atoms with van der Waals surface area (Å²) in [7, 11) is 3.61. The molecule has 0 fully saturated rings. The molecule has 0 aromatic carbocycles. The summed E-state index contributed by atoms with van der Waals surface area (Å²) in [6.45, 7) is 2.35. The summed E-state index contributed by atoms with van der Waals surface area (Å²) in [4.78, 5) is 11.8. The number of aryl methyl sites for hydroxylation is 2.